The first-order valence-corrected chi connectivity index (χ1v) is 11.2. The molecule has 1 saturated heterocycles. The van der Waals surface area contributed by atoms with Gasteiger partial charge in [0.05, 0.1) is 24.6 Å². The van der Waals surface area contributed by atoms with Crippen LogP contribution in [0.1, 0.15) is 51.9 Å². The van der Waals surface area contributed by atoms with E-state index in [0.29, 0.717) is 19.4 Å². The van der Waals surface area contributed by atoms with Crippen LogP contribution in [0.15, 0.2) is 30.3 Å². The summed E-state index contributed by atoms with van der Waals surface area (Å²) < 4.78 is 46.5. The van der Waals surface area contributed by atoms with Crippen molar-refractivity contribution in [2.24, 2.45) is 5.92 Å². The minimum absolute atomic E-state index is 0.00550. The van der Waals surface area contributed by atoms with Crippen molar-refractivity contribution in [2.75, 3.05) is 26.2 Å². The van der Waals surface area contributed by atoms with E-state index in [1.165, 1.54) is 38.7 Å². The molecule has 182 valence electrons. The van der Waals surface area contributed by atoms with Crippen molar-refractivity contribution >= 4 is 17.8 Å². The highest BCUT2D eigenvalue weighted by atomic mass is 19.4. The van der Waals surface area contributed by atoms with Gasteiger partial charge in [-0.1, -0.05) is 18.2 Å². The van der Waals surface area contributed by atoms with E-state index in [4.69, 9.17) is 4.74 Å². The lowest BCUT2D eigenvalue weighted by Crippen LogP contribution is -2.43. The number of rotatable bonds is 5. The van der Waals surface area contributed by atoms with Gasteiger partial charge in [0, 0.05) is 32.2 Å². The van der Waals surface area contributed by atoms with Crippen molar-refractivity contribution in [3.8, 4) is 0 Å². The molecule has 0 saturated carbocycles. The maximum atomic E-state index is 13.3. The molecule has 4 rings (SSSR count). The van der Waals surface area contributed by atoms with Crippen LogP contribution >= 0.6 is 0 Å². The third-order valence-electron chi connectivity index (χ3n) is 6.10. The summed E-state index contributed by atoms with van der Waals surface area (Å²) in [5.41, 5.74) is -0.548. The molecular formula is C23H25F3N4O4. The number of fused-ring (bicyclic) bond motifs is 1. The van der Waals surface area contributed by atoms with E-state index in [2.05, 4.69) is 5.10 Å². The number of halogens is 3. The second-order valence-corrected chi connectivity index (χ2v) is 8.36. The number of aromatic nitrogens is 2. The quantitative estimate of drug-likeness (QED) is 0.617. The van der Waals surface area contributed by atoms with E-state index < -0.39 is 29.5 Å². The summed E-state index contributed by atoms with van der Waals surface area (Å²) in [5, 5.41) is 4.26. The number of benzene rings is 1. The molecule has 11 heteroatoms. The van der Waals surface area contributed by atoms with E-state index in [-0.39, 0.29) is 55.7 Å². The van der Waals surface area contributed by atoms with Crippen molar-refractivity contribution in [3.05, 3.63) is 52.8 Å². The average molecular weight is 478 g/mol. The van der Waals surface area contributed by atoms with Gasteiger partial charge in [0.2, 0.25) is 0 Å². The summed E-state index contributed by atoms with van der Waals surface area (Å²) in [5.74, 6) is -1.62. The van der Waals surface area contributed by atoms with Crippen molar-refractivity contribution in [1.82, 2.24) is 19.6 Å². The number of likely N-dealkylation sites (tertiary alicyclic amines) is 1. The number of hydrogen-bond acceptors (Lipinski definition) is 5. The molecule has 3 heterocycles. The zero-order valence-electron chi connectivity index (χ0n) is 18.7. The van der Waals surface area contributed by atoms with Crippen LogP contribution in [-0.4, -0.2) is 63.6 Å². The lowest BCUT2D eigenvalue weighted by atomic mass is 9.98. The smallest absolute Gasteiger partial charge is 0.416 e. The Kier molecular flexibility index (Phi) is 6.63. The second kappa shape index (κ2) is 9.47. The highest BCUT2D eigenvalue weighted by Gasteiger charge is 2.36. The van der Waals surface area contributed by atoms with Crippen molar-refractivity contribution in [2.45, 2.75) is 39.0 Å². The Morgan fingerprint density at radius 3 is 2.68 bits per heavy atom. The van der Waals surface area contributed by atoms with Crippen LogP contribution in [0.3, 0.4) is 0 Å². The zero-order chi connectivity index (χ0) is 24.5. The molecular weight excluding hydrogens is 453 g/mol. The fourth-order valence-corrected chi connectivity index (χ4v) is 4.41. The summed E-state index contributed by atoms with van der Waals surface area (Å²) in [6.45, 7) is 2.90. The molecule has 1 aromatic heterocycles. The third kappa shape index (κ3) is 4.78. The molecule has 2 aliphatic rings. The summed E-state index contributed by atoms with van der Waals surface area (Å²) in [4.78, 5) is 41.0. The first-order valence-electron chi connectivity index (χ1n) is 11.2. The predicted octanol–water partition coefficient (Wildman–Crippen LogP) is 2.97. The molecule has 1 fully saturated rings. The van der Waals surface area contributed by atoms with E-state index in [0.717, 1.165) is 6.07 Å². The van der Waals surface area contributed by atoms with Gasteiger partial charge in [-0.15, -0.1) is 0 Å². The van der Waals surface area contributed by atoms with E-state index >= 15 is 0 Å². The summed E-state index contributed by atoms with van der Waals surface area (Å²) in [6, 6.07) is 6.54. The third-order valence-corrected chi connectivity index (χ3v) is 6.10. The van der Waals surface area contributed by atoms with Crippen LogP contribution < -0.4 is 0 Å². The number of carbonyl (C=O) groups excluding carboxylic acids is 3. The monoisotopic (exact) mass is 478 g/mol. The van der Waals surface area contributed by atoms with Gasteiger partial charge in [0.15, 0.2) is 5.69 Å². The molecule has 1 atom stereocenters. The minimum Gasteiger partial charge on any atom is -0.466 e. The van der Waals surface area contributed by atoms with Crippen LogP contribution in [-0.2, 0) is 28.8 Å². The Bertz CT molecular complexity index is 1100. The fourth-order valence-electron chi connectivity index (χ4n) is 4.41. The molecule has 0 radical (unpaired) electrons. The predicted molar refractivity (Wildman–Crippen MR) is 114 cm³/mol. The standard InChI is InChI=1S/C23H25F3N4O4/c1-2-34-22(33)16-7-5-9-28(14-16)20(31)18-12-19-21(32)29(10-11-30(19)27-18)13-15-6-3-4-8-17(15)23(24,25)26/h3-4,6,8,12,16H,2,5,7,9-11,13-14H2,1H3. The number of ether oxygens (including phenoxy) is 1. The van der Waals surface area contributed by atoms with Gasteiger partial charge in [0.25, 0.3) is 11.8 Å². The molecule has 0 spiro atoms. The molecule has 1 unspecified atom stereocenters. The molecule has 0 bridgehead atoms. The van der Waals surface area contributed by atoms with Gasteiger partial charge < -0.3 is 14.5 Å². The normalized spacial score (nSPS) is 18.6. The number of amides is 2. The van der Waals surface area contributed by atoms with Gasteiger partial charge in [-0.05, 0) is 31.4 Å². The van der Waals surface area contributed by atoms with E-state index in [1.54, 1.807) is 6.92 Å². The zero-order valence-corrected chi connectivity index (χ0v) is 18.7. The van der Waals surface area contributed by atoms with Crippen LogP contribution in [0.4, 0.5) is 13.2 Å². The molecule has 2 amide bonds. The van der Waals surface area contributed by atoms with Crippen molar-refractivity contribution < 1.29 is 32.3 Å². The molecule has 2 aromatic rings. The fraction of sp³-hybridized carbons (Fsp3) is 0.478. The topological polar surface area (TPSA) is 84.7 Å². The molecule has 0 N–H and O–H groups in total. The highest BCUT2D eigenvalue weighted by molar-refractivity contribution is 5.98. The van der Waals surface area contributed by atoms with E-state index in [9.17, 15) is 27.6 Å². The van der Waals surface area contributed by atoms with Gasteiger partial charge in [0.1, 0.15) is 5.69 Å². The second-order valence-electron chi connectivity index (χ2n) is 8.36. The Hall–Kier alpha value is -3.37. The number of nitrogens with zero attached hydrogens (tertiary/aromatic N) is 4. The molecule has 0 aliphatic carbocycles. The van der Waals surface area contributed by atoms with Crippen LogP contribution in [0.5, 0.6) is 0 Å². The van der Waals surface area contributed by atoms with Gasteiger partial charge in [-0.2, -0.15) is 18.3 Å². The number of carbonyl (C=O) groups is 3. The van der Waals surface area contributed by atoms with Crippen LogP contribution in [0.25, 0.3) is 0 Å². The highest BCUT2D eigenvalue weighted by Crippen LogP contribution is 2.33. The molecule has 8 nitrogen and oxygen atoms in total. The Balaban J connectivity index is 1.49. The van der Waals surface area contributed by atoms with Crippen molar-refractivity contribution in [3.63, 3.8) is 0 Å². The Morgan fingerprint density at radius 2 is 1.94 bits per heavy atom. The molecule has 34 heavy (non-hydrogen) atoms. The van der Waals surface area contributed by atoms with Gasteiger partial charge >= 0.3 is 12.1 Å². The Labute approximate surface area is 194 Å². The first kappa shape index (κ1) is 23.8. The number of esters is 1. The lowest BCUT2D eigenvalue weighted by Gasteiger charge is -2.31. The van der Waals surface area contributed by atoms with Gasteiger partial charge in [-0.25, -0.2) is 0 Å². The first-order chi connectivity index (χ1) is 16.2. The summed E-state index contributed by atoms with van der Waals surface area (Å²) in [6.07, 6.45) is -3.24. The minimum atomic E-state index is -4.52. The lowest BCUT2D eigenvalue weighted by molar-refractivity contribution is -0.149. The number of piperidine rings is 1. The van der Waals surface area contributed by atoms with E-state index in [1.807, 2.05) is 0 Å². The maximum Gasteiger partial charge on any atom is 0.416 e. The van der Waals surface area contributed by atoms with Crippen molar-refractivity contribution in [1.29, 1.82) is 0 Å². The molecule has 2 aliphatic heterocycles. The summed E-state index contributed by atoms with van der Waals surface area (Å²) in [7, 11) is 0. The number of alkyl halides is 3. The average Bonchev–Trinajstić information content (AvgIpc) is 3.25. The maximum absolute atomic E-state index is 13.3. The van der Waals surface area contributed by atoms with Gasteiger partial charge in [-0.3, -0.25) is 19.1 Å². The van der Waals surface area contributed by atoms with Crippen LogP contribution in [0.2, 0.25) is 0 Å². The Morgan fingerprint density at radius 1 is 1.18 bits per heavy atom. The van der Waals surface area contributed by atoms with Crippen LogP contribution in [0, 0.1) is 5.92 Å². The number of hydrogen-bond donors (Lipinski definition) is 0. The summed E-state index contributed by atoms with van der Waals surface area (Å²) >= 11 is 0. The largest absolute Gasteiger partial charge is 0.466 e. The molecule has 1 aromatic carbocycles. The SMILES string of the molecule is CCOC(=O)C1CCCN(C(=O)c2cc3n(n2)CCN(Cc2ccccc2C(F)(F)F)C3=O)C1.